The average Bonchev–Trinajstić information content (AvgIpc) is 3.83. The lowest BCUT2D eigenvalue weighted by molar-refractivity contribution is 0.794. The monoisotopic (exact) mass is 672 g/mol. The van der Waals surface area contributed by atoms with Crippen molar-refractivity contribution in [2.24, 2.45) is 0 Å². The molecule has 0 radical (unpaired) electrons. The van der Waals surface area contributed by atoms with Crippen LogP contribution in [0.3, 0.4) is 0 Å². The number of nitrogens with zero attached hydrogens (tertiary/aromatic N) is 4. The van der Waals surface area contributed by atoms with Gasteiger partial charge in [-0.3, -0.25) is 0 Å². The van der Waals surface area contributed by atoms with Crippen molar-refractivity contribution in [3.63, 3.8) is 0 Å². The van der Waals surface area contributed by atoms with Gasteiger partial charge in [0.25, 0.3) is 0 Å². The largest absolute Gasteiger partial charge is 0.244 e. The van der Waals surface area contributed by atoms with Gasteiger partial charge in [0.15, 0.2) is 0 Å². The van der Waals surface area contributed by atoms with Crippen molar-refractivity contribution >= 4 is 10.8 Å². The van der Waals surface area contributed by atoms with Gasteiger partial charge in [-0.05, 0) is 112 Å². The molecule has 0 saturated heterocycles. The molecule has 9 aromatic rings. The molecule has 0 atom stereocenters. The fourth-order valence-corrected chi connectivity index (χ4v) is 9.87. The Balaban J connectivity index is 1.27. The highest BCUT2D eigenvalue weighted by Gasteiger charge is 2.53. The van der Waals surface area contributed by atoms with Crippen LogP contribution in [0.1, 0.15) is 22.3 Å². The standard InChI is InChI=1S/C49H28N4/c1-4-16-41-34(11-1)35-12-2-5-17-42(35)49(41)43-18-6-3-13-37(43)48-44(49)22-40-36-14-7-9-29-10-8-15-38(45(29)36)47(40)46(48)30-19-20-33(31-23-50-27-51-24-31)39(21-30)32-25-52-28-53-26-32/h1-28H. The zero-order chi connectivity index (χ0) is 34.7. The smallest absolute Gasteiger partial charge is 0.115 e. The number of hydrogen-bond acceptors (Lipinski definition) is 4. The molecule has 7 aromatic carbocycles. The maximum Gasteiger partial charge on any atom is 0.115 e. The van der Waals surface area contributed by atoms with Crippen LogP contribution in [0.5, 0.6) is 0 Å². The van der Waals surface area contributed by atoms with E-state index in [1.54, 1.807) is 12.7 Å². The molecular formula is C49H28N4. The fourth-order valence-electron chi connectivity index (χ4n) is 9.87. The van der Waals surface area contributed by atoms with Crippen LogP contribution < -0.4 is 0 Å². The third-order valence-corrected chi connectivity index (χ3v) is 11.8. The molecule has 3 aliphatic rings. The quantitative estimate of drug-likeness (QED) is 0.187. The zero-order valence-electron chi connectivity index (χ0n) is 28.5. The summed E-state index contributed by atoms with van der Waals surface area (Å²) >= 11 is 0. The Morgan fingerprint density at radius 2 is 0.868 bits per heavy atom. The normalized spacial score (nSPS) is 13.4. The molecule has 0 bridgehead atoms. The summed E-state index contributed by atoms with van der Waals surface area (Å²) in [5.41, 5.74) is 21.6. The minimum absolute atomic E-state index is 0.469. The van der Waals surface area contributed by atoms with Crippen molar-refractivity contribution in [2.45, 2.75) is 5.41 Å². The second-order valence-electron chi connectivity index (χ2n) is 14.2. The van der Waals surface area contributed by atoms with Gasteiger partial charge in [-0.15, -0.1) is 0 Å². The van der Waals surface area contributed by atoms with Crippen LogP contribution in [0.25, 0.3) is 88.7 Å². The van der Waals surface area contributed by atoms with Gasteiger partial charge in [-0.2, -0.15) is 0 Å². The topological polar surface area (TPSA) is 51.6 Å². The zero-order valence-corrected chi connectivity index (χ0v) is 28.5. The second-order valence-corrected chi connectivity index (χ2v) is 14.2. The Morgan fingerprint density at radius 1 is 0.321 bits per heavy atom. The van der Waals surface area contributed by atoms with E-state index in [2.05, 4.69) is 153 Å². The highest BCUT2D eigenvalue weighted by molar-refractivity contribution is 6.21. The first-order valence-corrected chi connectivity index (χ1v) is 18.0. The van der Waals surface area contributed by atoms with Gasteiger partial charge in [0.2, 0.25) is 0 Å². The summed E-state index contributed by atoms with van der Waals surface area (Å²) in [6.45, 7) is 0. The molecule has 4 nitrogen and oxygen atoms in total. The summed E-state index contributed by atoms with van der Waals surface area (Å²) in [6, 6.07) is 50.1. The fraction of sp³-hybridized carbons (Fsp3) is 0.0204. The van der Waals surface area contributed by atoms with Crippen LogP contribution in [0, 0.1) is 0 Å². The Kier molecular flexibility index (Phi) is 5.67. The van der Waals surface area contributed by atoms with E-state index in [4.69, 9.17) is 0 Å². The molecular weight excluding hydrogens is 645 g/mol. The van der Waals surface area contributed by atoms with E-state index in [9.17, 15) is 0 Å². The molecule has 53 heavy (non-hydrogen) atoms. The maximum absolute atomic E-state index is 4.45. The first kappa shape index (κ1) is 28.6. The Bertz CT molecular complexity index is 2950. The highest BCUT2D eigenvalue weighted by atomic mass is 14.8. The summed E-state index contributed by atoms with van der Waals surface area (Å²) in [5, 5.41) is 2.58. The van der Waals surface area contributed by atoms with Gasteiger partial charge < -0.3 is 0 Å². The Hall–Kier alpha value is -7.04. The molecule has 0 unspecified atom stereocenters. The number of hydrogen-bond donors (Lipinski definition) is 0. The van der Waals surface area contributed by atoms with Gasteiger partial charge in [-0.1, -0.05) is 121 Å². The molecule has 12 rings (SSSR count). The molecule has 244 valence electrons. The number of benzene rings is 7. The van der Waals surface area contributed by atoms with E-state index in [-0.39, 0.29) is 0 Å². The molecule has 1 spiro atoms. The van der Waals surface area contributed by atoms with Crippen LogP contribution in [-0.4, -0.2) is 19.9 Å². The molecule has 0 fully saturated rings. The van der Waals surface area contributed by atoms with Crippen molar-refractivity contribution in [1.82, 2.24) is 19.9 Å². The van der Waals surface area contributed by atoms with Crippen molar-refractivity contribution in [3.8, 4) is 77.9 Å². The average molecular weight is 673 g/mol. The van der Waals surface area contributed by atoms with E-state index >= 15 is 0 Å². The van der Waals surface area contributed by atoms with Gasteiger partial charge in [0.1, 0.15) is 12.7 Å². The highest BCUT2D eigenvalue weighted by Crippen LogP contribution is 2.67. The van der Waals surface area contributed by atoms with E-state index in [0.29, 0.717) is 0 Å². The van der Waals surface area contributed by atoms with E-state index in [0.717, 1.165) is 27.8 Å². The van der Waals surface area contributed by atoms with Crippen LogP contribution in [0.4, 0.5) is 0 Å². The lowest BCUT2D eigenvalue weighted by Crippen LogP contribution is -2.26. The van der Waals surface area contributed by atoms with Crippen LogP contribution >= 0.6 is 0 Å². The summed E-state index contributed by atoms with van der Waals surface area (Å²) in [4.78, 5) is 17.6. The summed E-state index contributed by atoms with van der Waals surface area (Å²) in [6.07, 6.45) is 10.7. The van der Waals surface area contributed by atoms with Crippen molar-refractivity contribution in [3.05, 3.63) is 193 Å². The van der Waals surface area contributed by atoms with E-state index in [1.165, 1.54) is 83.1 Å². The van der Waals surface area contributed by atoms with Crippen LogP contribution in [-0.2, 0) is 5.41 Å². The first-order chi connectivity index (χ1) is 26.3. The predicted molar refractivity (Wildman–Crippen MR) is 212 cm³/mol. The van der Waals surface area contributed by atoms with E-state index < -0.39 is 5.41 Å². The number of fused-ring (bicyclic) bond motifs is 13. The number of rotatable bonds is 3. The van der Waals surface area contributed by atoms with Crippen molar-refractivity contribution in [2.75, 3.05) is 0 Å². The van der Waals surface area contributed by atoms with Gasteiger partial charge >= 0.3 is 0 Å². The Morgan fingerprint density at radius 3 is 1.53 bits per heavy atom. The predicted octanol–water partition coefficient (Wildman–Crippen LogP) is 11.4. The summed E-state index contributed by atoms with van der Waals surface area (Å²) in [7, 11) is 0. The molecule has 3 aliphatic carbocycles. The molecule has 4 heteroatoms. The third kappa shape index (κ3) is 3.64. The molecule has 0 N–H and O–H groups in total. The second kappa shape index (κ2) is 10.5. The molecule has 2 heterocycles. The third-order valence-electron chi connectivity index (χ3n) is 11.8. The minimum atomic E-state index is -0.469. The van der Waals surface area contributed by atoms with Crippen LogP contribution in [0.15, 0.2) is 171 Å². The SMILES string of the molecule is c1ccc2c(c1)-c1ccccc1C21c2ccccc2-c2c1cc1c(c2-c2ccc(-c3cncnc3)c(-c3cncnc3)c2)-c2cccc3cccc-1c23. The molecule has 0 saturated carbocycles. The Labute approximate surface area is 306 Å². The number of aromatic nitrogens is 4. The van der Waals surface area contributed by atoms with E-state index in [1.807, 2.05) is 24.8 Å². The molecule has 0 amide bonds. The first-order valence-electron chi connectivity index (χ1n) is 18.0. The maximum atomic E-state index is 4.45. The van der Waals surface area contributed by atoms with Gasteiger partial charge in [0, 0.05) is 35.9 Å². The summed E-state index contributed by atoms with van der Waals surface area (Å²) in [5.74, 6) is 0. The van der Waals surface area contributed by atoms with Gasteiger partial charge in [-0.25, -0.2) is 19.9 Å². The molecule has 2 aromatic heterocycles. The lowest BCUT2D eigenvalue weighted by Gasteiger charge is -2.31. The molecule has 0 aliphatic heterocycles. The van der Waals surface area contributed by atoms with Gasteiger partial charge in [0.05, 0.1) is 5.41 Å². The van der Waals surface area contributed by atoms with Crippen molar-refractivity contribution in [1.29, 1.82) is 0 Å². The van der Waals surface area contributed by atoms with Crippen LogP contribution in [0.2, 0.25) is 0 Å². The summed E-state index contributed by atoms with van der Waals surface area (Å²) < 4.78 is 0. The minimum Gasteiger partial charge on any atom is -0.244 e. The lowest BCUT2D eigenvalue weighted by atomic mass is 9.69. The van der Waals surface area contributed by atoms with Crippen molar-refractivity contribution < 1.29 is 0 Å².